The van der Waals surface area contributed by atoms with Crippen LogP contribution in [-0.4, -0.2) is 25.6 Å². The number of carbonyl (C=O) groups is 1. The minimum atomic E-state index is -0.922. The van der Waals surface area contributed by atoms with Crippen molar-refractivity contribution in [2.45, 2.75) is 53.0 Å². The molecule has 28 heavy (non-hydrogen) atoms. The second kappa shape index (κ2) is 7.97. The highest BCUT2D eigenvalue weighted by Crippen LogP contribution is 2.34. The topological polar surface area (TPSA) is 68.0 Å². The monoisotopic (exact) mass is 377 g/mol. The Morgan fingerprint density at radius 3 is 2.21 bits per heavy atom. The highest BCUT2D eigenvalue weighted by atomic mass is 16.4. The SMILES string of the molecule is CCn1ccc(-c2cnc(C(C)C)c(C(C)C)n2)c1-c1ccc(C(=O)O)cc1. The molecule has 1 N–H and O–H groups in total. The molecule has 0 saturated carbocycles. The van der Waals surface area contributed by atoms with E-state index >= 15 is 0 Å². The first-order chi connectivity index (χ1) is 13.3. The predicted octanol–water partition coefficient (Wildman–Crippen LogP) is 5.58. The minimum absolute atomic E-state index is 0.281. The zero-order chi connectivity index (χ0) is 20.4. The van der Waals surface area contributed by atoms with Crippen LogP contribution in [0, 0.1) is 0 Å². The molecule has 3 aromatic rings. The van der Waals surface area contributed by atoms with E-state index in [9.17, 15) is 4.79 Å². The third-order valence-electron chi connectivity index (χ3n) is 4.91. The number of aromatic carboxylic acids is 1. The van der Waals surface area contributed by atoms with Crippen molar-refractivity contribution in [3.05, 3.63) is 59.7 Å². The standard InChI is InChI=1S/C23H27N3O2/c1-6-26-12-11-18(22(26)16-7-9-17(10-8-16)23(27)28)19-13-24-20(14(2)3)21(25-19)15(4)5/h7-15H,6H2,1-5H3,(H,27,28). The first-order valence-corrected chi connectivity index (χ1v) is 9.73. The van der Waals surface area contributed by atoms with Crippen LogP contribution in [0.2, 0.25) is 0 Å². The van der Waals surface area contributed by atoms with Crippen molar-refractivity contribution in [1.82, 2.24) is 14.5 Å². The molecule has 0 bridgehead atoms. The Balaban J connectivity index is 2.15. The van der Waals surface area contributed by atoms with Crippen LogP contribution in [0.25, 0.3) is 22.5 Å². The van der Waals surface area contributed by atoms with Crippen molar-refractivity contribution in [1.29, 1.82) is 0 Å². The van der Waals surface area contributed by atoms with Gasteiger partial charge in [-0.15, -0.1) is 0 Å². The number of hydrogen-bond donors (Lipinski definition) is 1. The fraction of sp³-hybridized carbons (Fsp3) is 0.348. The summed E-state index contributed by atoms with van der Waals surface area (Å²) in [4.78, 5) is 20.9. The number of aromatic nitrogens is 3. The van der Waals surface area contributed by atoms with E-state index in [0.29, 0.717) is 5.92 Å². The third kappa shape index (κ3) is 3.70. The molecule has 0 spiro atoms. The Bertz CT molecular complexity index is 986. The molecule has 0 fully saturated rings. The maximum Gasteiger partial charge on any atom is 0.335 e. The molecule has 0 unspecified atom stereocenters. The Morgan fingerprint density at radius 2 is 1.68 bits per heavy atom. The molecule has 2 aromatic heterocycles. The van der Waals surface area contributed by atoms with E-state index in [0.717, 1.165) is 40.4 Å². The molecule has 0 radical (unpaired) electrons. The van der Waals surface area contributed by atoms with Gasteiger partial charge in [-0.1, -0.05) is 39.8 Å². The predicted molar refractivity (Wildman–Crippen MR) is 112 cm³/mol. The summed E-state index contributed by atoms with van der Waals surface area (Å²) in [7, 11) is 0. The van der Waals surface area contributed by atoms with Gasteiger partial charge in [-0.05, 0) is 42.5 Å². The molecule has 5 heteroatoms. The number of carboxylic acids is 1. The molecule has 5 nitrogen and oxygen atoms in total. The van der Waals surface area contributed by atoms with Gasteiger partial charge in [0.05, 0.1) is 34.5 Å². The molecule has 146 valence electrons. The van der Waals surface area contributed by atoms with E-state index < -0.39 is 5.97 Å². The summed E-state index contributed by atoms with van der Waals surface area (Å²) in [6, 6.07) is 9.05. The maximum absolute atomic E-state index is 11.2. The zero-order valence-electron chi connectivity index (χ0n) is 17.1. The van der Waals surface area contributed by atoms with Gasteiger partial charge in [0.1, 0.15) is 0 Å². The quantitative estimate of drug-likeness (QED) is 0.609. The van der Waals surface area contributed by atoms with Gasteiger partial charge in [0.25, 0.3) is 0 Å². The van der Waals surface area contributed by atoms with E-state index in [-0.39, 0.29) is 11.5 Å². The molecule has 1 aromatic carbocycles. The molecule has 0 saturated heterocycles. The summed E-state index contributed by atoms with van der Waals surface area (Å²) in [5.41, 5.74) is 6.20. The molecular formula is C23H27N3O2. The largest absolute Gasteiger partial charge is 0.478 e. The number of aryl methyl sites for hydroxylation is 1. The summed E-state index contributed by atoms with van der Waals surface area (Å²) in [5, 5.41) is 9.17. The van der Waals surface area contributed by atoms with Gasteiger partial charge in [-0.3, -0.25) is 4.98 Å². The second-order valence-corrected chi connectivity index (χ2v) is 7.58. The van der Waals surface area contributed by atoms with Crippen LogP contribution in [0.1, 0.15) is 68.2 Å². The van der Waals surface area contributed by atoms with Crippen molar-refractivity contribution < 1.29 is 9.90 Å². The number of carboxylic acid groups (broad SMARTS) is 1. The van der Waals surface area contributed by atoms with Crippen LogP contribution in [0.3, 0.4) is 0 Å². The first-order valence-electron chi connectivity index (χ1n) is 9.73. The van der Waals surface area contributed by atoms with E-state index in [1.54, 1.807) is 12.1 Å². The smallest absolute Gasteiger partial charge is 0.335 e. The van der Waals surface area contributed by atoms with Crippen molar-refractivity contribution in [3.63, 3.8) is 0 Å². The lowest BCUT2D eigenvalue weighted by atomic mass is 9.99. The molecule has 0 aliphatic heterocycles. The summed E-state index contributed by atoms with van der Waals surface area (Å²) in [5.74, 6) is -0.312. The normalized spacial score (nSPS) is 11.4. The van der Waals surface area contributed by atoms with E-state index in [1.165, 1.54) is 0 Å². The Morgan fingerprint density at radius 1 is 1.04 bits per heavy atom. The lowest BCUT2D eigenvalue weighted by molar-refractivity contribution is 0.0697. The number of hydrogen-bond acceptors (Lipinski definition) is 3. The van der Waals surface area contributed by atoms with Crippen LogP contribution >= 0.6 is 0 Å². The summed E-state index contributed by atoms with van der Waals surface area (Å²) in [6.07, 6.45) is 3.90. The third-order valence-corrected chi connectivity index (χ3v) is 4.91. The highest BCUT2D eigenvalue weighted by molar-refractivity contribution is 5.89. The lowest BCUT2D eigenvalue weighted by Gasteiger charge is -2.16. The molecular weight excluding hydrogens is 350 g/mol. The molecule has 0 aliphatic carbocycles. The van der Waals surface area contributed by atoms with Crippen LogP contribution in [0.15, 0.2) is 42.7 Å². The average molecular weight is 377 g/mol. The first kappa shape index (κ1) is 19.8. The van der Waals surface area contributed by atoms with E-state index in [4.69, 9.17) is 15.1 Å². The number of benzene rings is 1. The van der Waals surface area contributed by atoms with Crippen LogP contribution in [-0.2, 0) is 6.54 Å². The Labute approximate surface area is 166 Å². The average Bonchev–Trinajstić information content (AvgIpc) is 3.11. The summed E-state index contributed by atoms with van der Waals surface area (Å²) in [6.45, 7) is 11.5. The van der Waals surface area contributed by atoms with Gasteiger partial charge in [0.15, 0.2) is 0 Å². The lowest BCUT2D eigenvalue weighted by Crippen LogP contribution is -2.06. The van der Waals surface area contributed by atoms with Gasteiger partial charge in [-0.25, -0.2) is 9.78 Å². The van der Waals surface area contributed by atoms with Crippen molar-refractivity contribution >= 4 is 5.97 Å². The van der Waals surface area contributed by atoms with Crippen molar-refractivity contribution in [3.8, 4) is 22.5 Å². The van der Waals surface area contributed by atoms with Gasteiger partial charge >= 0.3 is 5.97 Å². The minimum Gasteiger partial charge on any atom is -0.478 e. The second-order valence-electron chi connectivity index (χ2n) is 7.58. The van der Waals surface area contributed by atoms with Gasteiger partial charge in [0.2, 0.25) is 0 Å². The molecule has 2 heterocycles. The van der Waals surface area contributed by atoms with E-state index in [2.05, 4.69) is 45.3 Å². The van der Waals surface area contributed by atoms with Gasteiger partial charge < -0.3 is 9.67 Å². The maximum atomic E-state index is 11.2. The Hall–Kier alpha value is -2.95. The Kier molecular flexibility index (Phi) is 5.63. The van der Waals surface area contributed by atoms with Gasteiger partial charge in [0, 0.05) is 18.3 Å². The van der Waals surface area contributed by atoms with Crippen LogP contribution in [0.4, 0.5) is 0 Å². The van der Waals surface area contributed by atoms with Crippen LogP contribution < -0.4 is 0 Å². The molecule has 0 aliphatic rings. The molecule has 0 amide bonds. The highest BCUT2D eigenvalue weighted by Gasteiger charge is 2.19. The van der Waals surface area contributed by atoms with Crippen molar-refractivity contribution in [2.75, 3.05) is 0 Å². The molecule has 0 atom stereocenters. The summed E-state index contributed by atoms with van der Waals surface area (Å²) < 4.78 is 2.15. The fourth-order valence-electron chi connectivity index (χ4n) is 3.45. The van der Waals surface area contributed by atoms with Crippen LogP contribution in [0.5, 0.6) is 0 Å². The van der Waals surface area contributed by atoms with Crippen molar-refractivity contribution in [2.24, 2.45) is 0 Å². The van der Waals surface area contributed by atoms with E-state index in [1.807, 2.05) is 24.5 Å². The number of nitrogens with zero attached hydrogens (tertiary/aromatic N) is 3. The molecule has 3 rings (SSSR count). The van der Waals surface area contributed by atoms with Gasteiger partial charge in [-0.2, -0.15) is 0 Å². The number of rotatable bonds is 6. The summed E-state index contributed by atoms with van der Waals surface area (Å²) >= 11 is 0. The zero-order valence-corrected chi connectivity index (χ0v) is 17.1. The fourth-order valence-corrected chi connectivity index (χ4v) is 3.45.